The monoisotopic (exact) mass is 358 g/mol. The van der Waals surface area contributed by atoms with E-state index in [1.165, 1.54) is 76.2 Å². The van der Waals surface area contributed by atoms with E-state index in [1.807, 2.05) is 6.07 Å². The molecule has 0 aliphatic carbocycles. The molecule has 0 bridgehead atoms. The van der Waals surface area contributed by atoms with Gasteiger partial charge in [-0.2, -0.15) is 0 Å². The molecule has 1 heteroatoms. The Bertz CT molecular complexity index is 450. The van der Waals surface area contributed by atoms with E-state index in [0.29, 0.717) is 18.1 Å². The summed E-state index contributed by atoms with van der Waals surface area (Å²) in [5, 5.41) is 0. The van der Waals surface area contributed by atoms with Gasteiger partial charge in [-0.25, -0.2) is 0 Å². The van der Waals surface area contributed by atoms with Crippen LogP contribution in [0.4, 0.5) is 0 Å². The van der Waals surface area contributed by atoms with E-state index in [9.17, 15) is 4.79 Å². The van der Waals surface area contributed by atoms with Crippen molar-refractivity contribution in [2.45, 2.75) is 110 Å². The first kappa shape index (κ1) is 22.9. The van der Waals surface area contributed by atoms with E-state index in [4.69, 9.17) is 0 Å². The average Bonchev–Trinajstić information content (AvgIpc) is 2.66. The van der Waals surface area contributed by atoms with Gasteiger partial charge in [0.1, 0.15) is 5.78 Å². The van der Waals surface area contributed by atoms with Crippen LogP contribution in [0.2, 0.25) is 0 Å². The van der Waals surface area contributed by atoms with Crippen LogP contribution in [0.1, 0.15) is 116 Å². The highest BCUT2D eigenvalue weighted by Crippen LogP contribution is 2.22. The molecule has 0 N–H and O–H groups in total. The highest BCUT2D eigenvalue weighted by Gasteiger charge is 2.16. The Kier molecular flexibility index (Phi) is 13.2. The van der Waals surface area contributed by atoms with Gasteiger partial charge in [-0.1, -0.05) is 122 Å². The number of carbonyl (C=O) groups excluding carboxylic acids is 1. The van der Waals surface area contributed by atoms with Gasteiger partial charge in [-0.05, 0) is 17.9 Å². The first-order valence-corrected chi connectivity index (χ1v) is 11.2. The Morgan fingerprint density at radius 1 is 0.769 bits per heavy atom. The van der Waals surface area contributed by atoms with Crippen LogP contribution in [-0.4, -0.2) is 5.78 Å². The van der Waals surface area contributed by atoms with Gasteiger partial charge < -0.3 is 0 Å². The Balaban J connectivity index is 2.00. The lowest BCUT2D eigenvalue weighted by Gasteiger charge is -2.15. The van der Waals surface area contributed by atoms with Gasteiger partial charge in [0.05, 0.1) is 0 Å². The molecule has 1 rings (SSSR count). The van der Waals surface area contributed by atoms with Crippen molar-refractivity contribution in [1.29, 1.82) is 0 Å². The minimum absolute atomic E-state index is 0.222. The minimum Gasteiger partial charge on any atom is -0.299 e. The van der Waals surface area contributed by atoms with Crippen molar-refractivity contribution < 1.29 is 4.79 Å². The zero-order valence-electron chi connectivity index (χ0n) is 17.6. The molecule has 2 atom stereocenters. The van der Waals surface area contributed by atoms with Crippen molar-refractivity contribution in [3.8, 4) is 0 Å². The second-order valence-electron chi connectivity index (χ2n) is 8.21. The molecule has 0 aliphatic heterocycles. The van der Waals surface area contributed by atoms with Crippen molar-refractivity contribution in [2.75, 3.05) is 0 Å². The lowest BCUT2D eigenvalue weighted by atomic mass is 9.89. The largest absolute Gasteiger partial charge is 0.299 e. The zero-order valence-corrected chi connectivity index (χ0v) is 17.6. The van der Waals surface area contributed by atoms with E-state index < -0.39 is 0 Å². The van der Waals surface area contributed by atoms with E-state index in [2.05, 4.69) is 45.0 Å². The van der Waals surface area contributed by atoms with Crippen LogP contribution >= 0.6 is 0 Å². The van der Waals surface area contributed by atoms with Gasteiger partial charge >= 0.3 is 0 Å². The van der Waals surface area contributed by atoms with Crippen molar-refractivity contribution in [3.05, 3.63) is 35.9 Å². The molecule has 0 aromatic heterocycles. The molecule has 26 heavy (non-hydrogen) atoms. The molecule has 148 valence electrons. The maximum atomic E-state index is 12.4. The SMILES string of the molecule is CCCCCCCCCCCCCC(C)C(=O)CC(C)c1ccccc1. The van der Waals surface area contributed by atoms with Crippen molar-refractivity contribution >= 4 is 5.78 Å². The molecule has 0 spiro atoms. The van der Waals surface area contributed by atoms with E-state index in [-0.39, 0.29) is 5.92 Å². The number of ketones is 1. The Morgan fingerprint density at radius 3 is 1.81 bits per heavy atom. The van der Waals surface area contributed by atoms with E-state index >= 15 is 0 Å². The van der Waals surface area contributed by atoms with Crippen LogP contribution in [-0.2, 0) is 4.79 Å². The molecule has 1 aromatic rings. The summed E-state index contributed by atoms with van der Waals surface area (Å²) in [4.78, 5) is 12.4. The van der Waals surface area contributed by atoms with Gasteiger partial charge in [0.25, 0.3) is 0 Å². The molecule has 0 saturated heterocycles. The first-order valence-electron chi connectivity index (χ1n) is 11.2. The van der Waals surface area contributed by atoms with Crippen LogP contribution in [0.25, 0.3) is 0 Å². The minimum atomic E-state index is 0.222. The van der Waals surface area contributed by atoms with E-state index in [0.717, 1.165) is 6.42 Å². The molecule has 1 nitrogen and oxygen atoms in total. The number of Topliss-reactive ketones (excluding diaryl/α,β-unsaturated/α-hetero) is 1. The van der Waals surface area contributed by atoms with Gasteiger partial charge in [-0.15, -0.1) is 0 Å². The summed E-state index contributed by atoms with van der Waals surface area (Å²) in [6, 6.07) is 10.4. The summed E-state index contributed by atoms with van der Waals surface area (Å²) >= 11 is 0. The quantitative estimate of drug-likeness (QED) is 0.273. The van der Waals surface area contributed by atoms with E-state index in [1.54, 1.807) is 0 Å². The lowest BCUT2D eigenvalue weighted by molar-refractivity contribution is -0.122. The van der Waals surface area contributed by atoms with Crippen LogP contribution in [0.15, 0.2) is 30.3 Å². The summed E-state index contributed by atoms with van der Waals surface area (Å²) in [5.41, 5.74) is 1.28. The predicted molar refractivity (Wildman–Crippen MR) is 115 cm³/mol. The van der Waals surface area contributed by atoms with Crippen LogP contribution < -0.4 is 0 Å². The fraction of sp³-hybridized carbons (Fsp3) is 0.720. The maximum Gasteiger partial charge on any atom is 0.136 e. The number of rotatable bonds is 16. The molecule has 0 amide bonds. The third-order valence-electron chi connectivity index (χ3n) is 5.67. The van der Waals surface area contributed by atoms with Crippen molar-refractivity contribution in [1.82, 2.24) is 0 Å². The summed E-state index contributed by atoms with van der Waals surface area (Å²) in [5.74, 6) is 0.997. The number of hydrogen-bond donors (Lipinski definition) is 0. The second-order valence-corrected chi connectivity index (χ2v) is 8.21. The normalized spacial score (nSPS) is 13.5. The molecular weight excluding hydrogens is 316 g/mol. The standard InChI is InChI=1S/C25H42O/c1-4-5-6-7-8-9-10-11-12-13-15-18-22(2)25(26)21-23(3)24-19-16-14-17-20-24/h14,16-17,19-20,22-23H,4-13,15,18,21H2,1-3H3. The second kappa shape index (κ2) is 15.0. The van der Waals surface area contributed by atoms with Gasteiger partial charge in [-0.3, -0.25) is 4.79 Å². The average molecular weight is 359 g/mol. The topological polar surface area (TPSA) is 17.1 Å². The summed E-state index contributed by atoms with van der Waals surface area (Å²) in [6.07, 6.45) is 16.8. The summed E-state index contributed by atoms with van der Waals surface area (Å²) in [7, 11) is 0. The number of carbonyl (C=O) groups is 1. The summed E-state index contributed by atoms with van der Waals surface area (Å²) in [6.45, 7) is 6.57. The molecule has 1 aromatic carbocycles. The number of benzene rings is 1. The predicted octanol–water partition coefficient (Wildman–Crippen LogP) is 8.09. The van der Waals surface area contributed by atoms with Gasteiger partial charge in [0.15, 0.2) is 0 Å². The first-order chi connectivity index (χ1) is 12.6. The highest BCUT2D eigenvalue weighted by molar-refractivity contribution is 5.81. The molecule has 0 saturated carbocycles. The van der Waals surface area contributed by atoms with Gasteiger partial charge in [0, 0.05) is 12.3 Å². The smallest absolute Gasteiger partial charge is 0.136 e. The fourth-order valence-corrected chi connectivity index (χ4v) is 3.68. The zero-order chi connectivity index (χ0) is 19.0. The molecular formula is C25H42O. The van der Waals surface area contributed by atoms with Crippen LogP contribution in [0, 0.1) is 5.92 Å². The van der Waals surface area contributed by atoms with Crippen LogP contribution in [0.5, 0.6) is 0 Å². The highest BCUT2D eigenvalue weighted by atomic mass is 16.1. The fourth-order valence-electron chi connectivity index (χ4n) is 3.68. The third kappa shape index (κ3) is 10.8. The third-order valence-corrected chi connectivity index (χ3v) is 5.67. The van der Waals surface area contributed by atoms with Crippen molar-refractivity contribution in [2.24, 2.45) is 5.92 Å². The van der Waals surface area contributed by atoms with Crippen LogP contribution in [0.3, 0.4) is 0 Å². The number of hydrogen-bond acceptors (Lipinski definition) is 1. The van der Waals surface area contributed by atoms with Crippen molar-refractivity contribution in [3.63, 3.8) is 0 Å². The molecule has 0 radical (unpaired) electrons. The molecule has 2 unspecified atom stereocenters. The molecule has 0 aliphatic rings. The molecule has 0 heterocycles. The maximum absolute atomic E-state index is 12.4. The Morgan fingerprint density at radius 2 is 1.27 bits per heavy atom. The Labute approximate surface area is 163 Å². The summed E-state index contributed by atoms with van der Waals surface area (Å²) < 4.78 is 0. The number of unbranched alkanes of at least 4 members (excludes halogenated alkanes) is 10. The van der Waals surface area contributed by atoms with Gasteiger partial charge in [0.2, 0.25) is 0 Å². The lowest BCUT2D eigenvalue weighted by Crippen LogP contribution is -2.13. The Hall–Kier alpha value is -1.11. The molecule has 0 fully saturated rings.